The number of carbonyl (C=O) groups excluding carboxylic acids is 1. The van der Waals surface area contributed by atoms with E-state index in [-0.39, 0.29) is 12.5 Å². The summed E-state index contributed by atoms with van der Waals surface area (Å²) in [5.41, 5.74) is 1.28. The maximum absolute atomic E-state index is 12.8. The van der Waals surface area contributed by atoms with Crippen LogP contribution < -0.4 is 9.47 Å². The van der Waals surface area contributed by atoms with Crippen LogP contribution in [-0.2, 0) is 11.3 Å². The number of ether oxygens (including phenoxy) is 2. The van der Waals surface area contributed by atoms with Crippen molar-refractivity contribution < 1.29 is 14.3 Å². The van der Waals surface area contributed by atoms with Crippen LogP contribution in [0.15, 0.2) is 53.0 Å². The van der Waals surface area contributed by atoms with Gasteiger partial charge in [-0.15, -0.1) is 0 Å². The van der Waals surface area contributed by atoms with Crippen molar-refractivity contribution in [2.45, 2.75) is 12.6 Å². The molecule has 0 radical (unpaired) electrons. The Morgan fingerprint density at radius 3 is 2.58 bits per heavy atom. The smallest absolute Gasteiger partial charge is 0.267 e. The Balaban J connectivity index is 1.31. The molecule has 0 N–H and O–H groups in total. The van der Waals surface area contributed by atoms with Crippen molar-refractivity contribution in [2.24, 2.45) is 0 Å². The van der Waals surface area contributed by atoms with Crippen LogP contribution >= 0.6 is 15.9 Å². The van der Waals surface area contributed by atoms with Gasteiger partial charge in [-0.05, 0) is 29.8 Å². The van der Waals surface area contributed by atoms with Crippen molar-refractivity contribution in [1.82, 2.24) is 9.80 Å². The van der Waals surface area contributed by atoms with E-state index >= 15 is 0 Å². The molecule has 5 nitrogen and oxygen atoms in total. The summed E-state index contributed by atoms with van der Waals surface area (Å²) in [4.78, 5) is 17.0. The maximum atomic E-state index is 12.8. The molecule has 136 valence electrons. The molecule has 0 bridgehead atoms. The molecule has 1 fully saturated rings. The molecule has 4 rings (SSSR count). The Bertz CT molecular complexity index is 790. The monoisotopic (exact) mass is 416 g/mol. The number of nitrogens with zero attached hydrogens (tertiary/aromatic N) is 2. The van der Waals surface area contributed by atoms with Gasteiger partial charge < -0.3 is 14.4 Å². The standard InChI is InChI=1S/C20H21BrN2O3/c21-16-5-3-4-15(12-16)13-22-8-10-23(11-9-22)20(24)19-14-25-17-6-1-2-7-18(17)26-19/h1-7,12,19H,8-11,13-14H2. The zero-order valence-corrected chi connectivity index (χ0v) is 16.0. The second kappa shape index (κ2) is 7.68. The number of amides is 1. The Morgan fingerprint density at radius 2 is 1.81 bits per heavy atom. The molecular formula is C20H21BrN2O3. The second-order valence-corrected chi connectivity index (χ2v) is 7.51. The molecule has 1 saturated heterocycles. The molecule has 2 aromatic carbocycles. The highest BCUT2D eigenvalue weighted by molar-refractivity contribution is 9.10. The van der Waals surface area contributed by atoms with E-state index in [1.807, 2.05) is 35.2 Å². The molecule has 2 aromatic rings. The summed E-state index contributed by atoms with van der Waals surface area (Å²) in [6, 6.07) is 15.8. The number of fused-ring (bicyclic) bond motifs is 1. The first-order valence-electron chi connectivity index (χ1n) is 8.83. The van der Waals surface area contributed by atoms with Gasteiger partial charge in [0.2, 0.25) is 6.10 Å². The number of halogens is 1. The normalized spacial score (nSPS) is 20.0. The third kappa shape index (κ3) is 3.86. The number of carbonyl (C=O) groups is 1. The molecule has 1 atom stereocenters. The van der Waals surface area contributed by atoms with Gasteiger partial charge in [-0.2, -0.15) is 0 Å². The molecule has 0 saturated carbocycles. The fourth-order valence-electron chi connectivity index (χ4n) is 3.36. The molecule has 2 heterocycles. The van der Waals surface area contributed by atoms with E-state index in [2.05, 4.69) is 39.0 Å². The third-order valence-corrected chi connectivity index (χ3v) is 5.26. The van der Waals surface area contributed by atoms with Crippen molar-refractivity contribution in [2.75, 3.05) is 32.8 Å². The molecule has 2 aliphatic heterocycles. The number of benzene rings is 2. The van der Waals surface area contributed by atoms with E-state index in [0.717, 1.165) is 24.1 Å². The van der Waals surface area contributed by atoms with Gasteiger partial charge in [0.1, 0.15) is 6.61 Å². The average molecular weight is 417 g/mol. The lowest BCUT2D eigenvalue weighted by atomic mass is 10.2. The van der Waals surface area contributed by atoms with E-state index < -0.39 is 6.10 Å². The van der Waals surface area contributed by atoms with Crippen molar-refractivity contribution in [3.8, 4) is 11.5 Å². The van der Waals surface area contributed by atoms with E-state index in [1.54, 1.807) is 0 Å². The number of para-hydroxylation sites is 2. The summed E-state index contributed by atoms with van der Waals surface area (Å²) in [6.07, 6.45) is -0.554. The van der Waals surface area contributed by atoms with Crippen LogP contribution in [0.1, 0.15) is 5.56 Å². The molecule has 1 unspecified atom stereocenters. The predicted octanol–water partition coefficient (Wildman–Crippen LogP) is 2.93. The minimum absolute atomic E-state index is 0.0154. The highest BCUT2D eigenvalue weighted by Gasteiger charge is 2.32. The summed E-state index contributed by atoms with van der Waals surface area (Å²) in [5, 5.41) is 0. The van der Waals surface area contributed by atoms with Crippen molar-refractivity contribution in [3.05, 3.63) is 58.6 Å². The lowest BCUT2D eigenvalue weighted by Gasteiger charge is -2.37. The number of rotatable bonds is 3. The summed E-state index contributed by atoms with van der Waals surface area (Å²) >= 11 is 3.51. The van der Waals surface area contributed by atoms with Crippen molar-refractivity contribution in [3.63, 3.8) is 0 Å². The van der Waals surface area contributed by atoms with E-state index in [4.69, 9.17) is 9.47 Å². The van der Waals surface area contributed by atoms with Gasteiger partial charge in [0.15, 0.2) is 11.5 Å². The minimum Gasteiger partial charge on any atom is -0.485 e. The SMILES string of the molecule is O=C(C1COc2ccccc2O1)N1CCN(Cc2cccc(Br)c2)CC1. The summed E-state index contributed by atoms with van der Waals surface area (Å²) in [6.45, 7) is 4.33. The first-order chi connectivity index (χ1) is 12.7. The van der Waals surface area contributed by atoms with Crippen LogP contribution in [0.5, 0.6) is 11.5 Å². The maximum Gasteiger partial charge on any atom is 0.267 e. The third-order valence-electron chi connectivity index (χ3n) is 4.76. The highest BCUT2D eigenvalue weighted by atomic mass is 79.9. The zero-order valence-electron chi connectivity index (χ0n) is 14.4. The average Bonchev–Trinajstić information content (AvgIpc) is 2.68. The van der Waals surface area contributed by atoms with Crippen LogP contribution in [0.3, 0.4) is 0 Å². The Labute approximate surface area is 161 Å². The van der Waals surface area contributed by atoms with Gasteiger partial charge in [-0.3, -0.25) is 9.69 Å². The molecule has 0 aromatic heterocycles. The van der Waals surface area contributed by atoms with Crippen LogP contribution in [0.4, 0.5) is 0 Å². The van der Waals surface area contributed by atoms with Crippen LogP contribution in [-0.4, -0.2) is 54.6 Å². The molecule has 1 amide bonds. The molecular weight excluding hydrogens is 396 g/mol. The van der Waals surface area contributed by atoms with E-state index in [1.165, 1.54) is 5.56 Å². The second-order valence-electron chi connectivity index (χ2n) is 6.60. The van der Waals surface area contributed by atoms with Crippen molar-refractivity contribution in [1.29, 1.82) is 0 Å². The first-order valence-corrected chi connectivity index (χ1v) is 9.62. The molecule has 0 spiro atoms. The van der Waals surface area contributed by atoms with Crippen LogP contribution in [0.25, 0.3) is 0 Å². The predicted molar refractivity (Wildman–Crippen MR) is 102 cm³/mol. The molecule has 6 heteroatoms. The summed E-state index contributed by atoms with van der Waals surface area (Å²) in [5.74, 6) is 1.36. The lowest BCUT2D eigenvalue weighted by molar-refractivity contribution is -0.143. The van der Waals surface area contributed by atoms with Crippen molar-refractivity contribution >= 4 is 21.8 Å². The molecule has 2 aliphatic rings. The molecule has 26 heavy (non-hydrogen) atoms. The van der Waals surface area contributed by atoms with Gasteiger partial charge in [-0.25, -0.2) is 0 Å². The fraction of sp³-hybridized carbons (Fsp3) is 0.350. The van der Waals surface area contributed by atoms with Gasteiger partial charge >= 0.3 is 0 Å². The number of hydrogen-bond acceptors (Lipinski definition) is 4. The lowest BCUT2D eigenvalue weighted by Crippen LogP contribution is -2.53. The highest BCUT2D eigenvalue weighted by Crippen LogP contribution is 2.31. The topological polar surface area (TPSA) is 42.0 Å². The summed E-state index contributed by atoms with van der Waals surface area (Å²) in [7, 11) is 0. The van der Waals surface area contributed by atoms with Gasteiger partial charge in [-0.1, -0.05) is 40.2 Å². The first kappa shape index (κ1) is 17.4. The number of piperazine rings is 1. The van der Waals surface area contributed by atoms with E-state index in [0.29, 0.717) is 24.6 Å². The number of hydrogen-bond donors (Lipinski definition) is 0. The van der Waals surface area contributed by atoms with Gasteiger partial charge in [0, 0.05) is 37.2 Å². The zero-order chi connectivity index (χ0) is 17.9. The Morgan fingerprint density at radius 1 is 1.04 bits per heavy atom. The minimum atomic E-state index is -0.554. The molecule has 0 aliphatic carbocycles. The van der Waals surface area contributed by atoms with Crippen LogP contribution in [0, 0.1) is 0 Å². The Hall–Kier alpha value is -2.05. The quantitative estimate of drug-likeness (QED) is 0.771. The van der Waals surface area contributed by atoms with E-state index in [9.17, 15) is 4.79 Å². The van der Waals surface area contributed by atoms with Gasteiger partial charge in [0.05, 0.1) is 0 Å². The summed E-state index contributed by atoms with van der Waals surface area (Å²) < 4.78 is 12.6. The van der Waals surface area contributed by atoms with Gasteiger partial charge in [0.25, 0.3) is 5.91 Å². The Kier molecular flexibility index (Phi) is 5.13. The fourth-order valence-corrected chi connectivity index (χ4v) is 3.81. The van der Waals surface area contributed by atoms with Crippen LogP contribution in [0.2, 0.25) is 0 Å². The largest absolute Gasteiger partial charge is 0.485 e.